The Kier molecular flexibility index (Phi) is 5.99. The molecule has 24 heavy (non-hydrogen) atoms. The van der Waals surface area contributed by atoms with Crippen molar-refractivity contribution >= 4 is 5.91 Å². The molecule has 0 bridgehead atoms. The summed E-state index contributed by atoms with van der Waals surface area (Å²) in [6.07, 6.45) is 5.80. The molecule has 1 heterocycles. The third-order valence-corrected chi connectivity index (χ3v) is 4.72. The van der Waals surface area contributed by atoms with Gasteiger partial charge in [-0.1, -0.05) is 19.8 Å². The summed E-state index contributed by atoms with van der Waals surface area (Å²) in [7, 11) is 5.43. The molecular weight excluding hydrogens is 308 g/mol. The molecule has 1 aliphatic rings. The molecule has 1 aliphatic carbocycles. The number of carbonyl (C=O) groups is 1. The van der Waals surface area contributed by atoms with Gasteiger partial charge < -0.3 is 19.9 Å². The predicted molar refractivity (Wildman–Crippen MR) is 92.0 cm³/mol. The lowest BCUT2D eigenvalue weighted by Crippen LogP contribution is -2.48. The first-order chi connectivity index (χ1) is 11.4. The molecule has 0 aliphatic heterocycles. The first-order valence-electron chi connectivity index (χ1n) is 8.48. The SMILES string of the molecule is COc1cnc(C2(NC(=O)C(C)CCN(C)C)CCCC2)[nH]c1=O. The Hall–Kier alpha value is -1.89. The molecule has 0 radical (unpaired) electrons. The Balaban J connectivity index is 2.17. The summed E-state index contributed by atoms with van der Waals surface area (Å²) < 4.78 is 4.97. The third-order valence-electron chi connectivity index (χ3n) is 4.72. The molecular formula is C17H28N4O3. The van der Waals surface area contributed by atoms with E-state index >= 15 is 0 Å². The number of nitrogens with one attached hydrogen (secondary N) is 2. The van der Waals surface area contributed by atoms with Crippen LogP contribution in [0.5, 0.6) is 5.75 Å². The number of aromatic amines is 1. The Morgan fingerprint density at radius 1 is 1.46 bits per heavy atom. The third kappa shape index (κ3) is 4.14. The van der Waals surface area contributed by atoms with Crippen molar-refractivity contribution in [1.29, 1.82) is 0 Å². The largest absolute Gasteiger partial charge is 0.490 e. The molecule has 7 nitrogen and oxygen atoms in total. The average molecular weight is 336 g/mol. The number of nitrogens with zero attached hydrogens (tertiary/aromatic N) is 2. The highest BCUT2D eigenvalue weighted by Gasteiger charge is 2.40. The number of ether oxygens (including phenoxy) is 1. The van der Waals surface area contributed by atoms with Gasteiger partial charge >= 0.3 is 0 Å². The smallest absolute Gasteiger partial charge is 0.293 e. The molecule has 1 aromatic rings. The van der Waals surface area contributed by atoms with Crippen LogP contribution in [-0.2, 0) is 10.3 Å². The second kappa shape index (κ2) is 7.79. The van der Waals surface area contributed by atoms with Gasteiger partial charge in [-0.2, -0.15) is 0 Å². The van der Waals surface area contributed by atoms with Crippen LogP contribution in [-0.4, -0.2) is 48.5 Å². The fourth-order valence-corrected chi connectivity index (χ4v) is 3.11. The van der Waals surface area contributed by atoms with E-state index in [0.29, 0.717) is 5.82 Å². The summed E-state index contributed by atoms with van der Waals surface area (Å²) in [4.78, 5) is 33.9. The van der Waals surface area contributed by atoms with Crippen molar-refractivity contribution in [3.63, 3.8) is 0 Å². The van der Waals surface area contributed by atoms with Crippen LogP contribution in [0.15, 0.2) is 11.0 Å². The lowest BCUT2D eigenvalue weighted by molar-refractivity contribution is -0.127. The first kappa shape index (κ1) is 18.4. The van der Waals surface area contributed by atoms with E-state index in [1.807, 2.05) is 21.0 Å². The van der Waals surface area contributed by atoms with Crippen LogP contribution in [0.4, 0.5) is 0 Å². The molecule has 1 fully saturated rings. The number of hydrogen-bond donors (Lipinski definition) is 2. The molecule has 2 rings (SSSR count). The molecule has 1 aromatic heterocycles. The van der Waals surface area contributed by atoms with Gasteiger partial charge in [0, 0.05) is 5.92 Å². The average Bonchev–Trinajstić information content (AvgIpc) is 3.02. The van der Waals surface area contributed by atoms with Crippen LogP contribution in [0.25, 0.3) is 0 Å². The van der Waals surface area contributed by atoms with Gasteiger partial charge in [0.1, 0.15) is 5.82 Å². The van der Waals surface area contributed by atoms with Crippen molar-refractivity contribution < 1.29 is 9.53 Å². The lowest BCUT2D eigenvalue weighted by Gasteiger charge is -2.30. The van der Waals surface area contributed by atoms with E-state index in [2.05, 4.69) is 20.2 Å². The molecule has 1 unspecified atom stereocenters. The van der Waals surface area contributed by atoms with Crippen LogP contribution < -0.4 is 15.6 Å². The maximum absolute atomic E-state index is 12.6. The minimum absolute atomic E-state index is 0.0113. The van der Waals surface area contributed by atoms with Crippen LogP contribution in [0.3, 0.4) is 0 Å². The minimum Gasteiger partial charge on any atom is -0.490 e. The van der Waals surface area contributed by atoms with Gasteiger partial charge in [-0.05, 0) is 39.9 Å². The van der Waals surface area contributed by atoms with Crippen LogP contribution >= 0.6 is 0 Å². The fraction of sp³-hybridized carbons (Fsp3) is 0.706. The Bertz CT molecular complexity index is 621. The number of methoxy groups -OCH3 is 1. The number of hydrogen-bond acceptors (Lipinski definition) is 5. The highest BCUT2D eigenvalue weighted by atomic mass is 16.5. The van der Waals surface area contributed by atoms with Gasteiger partial charge in [0.05, 0.1) is 18.8 Å². The quantitative estimate of drug-likeness (QED) is 0.782. The molecule has 1 saturated carbocycles. The van der Waals surface area contributed by atoms with Crippen LogP contribution in [0, 0.1) is 5.92 Å². The van der Waals surface area contributed by atoms with Crippen molar-refractivity contribution in [2.75, 3.05) is 27.7 Å². The van der Waals surface area contributed by atoms with E-state index in [4.69, 9.17) is 4.74 Å². The highest BCUT2D eigenvalue weighted by Crippen LogP contribution is 2.37. The zero-order chi connectivity index (χ0) is 17.7. The van der Waals surface area contributed by atoms with Crippen molar-refractivity contribution in [3.05, 3.63) is 22.4 Å². The fourth-order valence-electron chi connectivity index (χ4n) is 3.11. The summed E-state index contributed by atoms with van der Waals surface area (Å²) in [6, 6.07) is 0. The van der Waals surface area contributed by atoms with E-state index in [0.717, 1.165) is 38.6 Å². The maximum Gasteiger partial charge on any atom is 0.293 e. The number of H-pyrrole nitrogens is 1. The molecule has 0 spiro atoms. The second-order valence-corrected chi connectivity index (χ2v) is 6.90. The van der Waals surface area contributed by atoms with E-state index < -0.39 is 5.54 Å². The molecule has 7 heteroatoms. The van der Waals surface area contributed by atoms with Gasteiger partial charge in [-0.25, -0.2) is 4.98 Å². The first-order valence-corrected chi connectivity index (χ1v) is 8.48. The van der Waals surface area contributed by atoms with Gasteiger partial charge in [0.2, 0.25) is 11.7 Å². The standard InChI is InChI=1S/C17H28N4O3/c1-12(7-10-21(2)3)14(22)20-17(8-5-6-9-17)16-18-11-13(24-4)15(23)19-16/h11-12H,5-10H2,1-4H3,(H,20,22)(H,18,19,23). The molecule has 1 atom stereocenters. The normalized spacial score (nSPS) is 17.7. The van der Waals surface area contributed by atoms with Gasteiger partial charge in [0.15, 0.2) is 0 Å². The highest BCUT2D eigenvalue weighted by molar-refractivity contribution is 5.79. The number of carbonyl (C=O) groups excluding carboxylic acids is 1. The number of amides is 1. The van der Waals surface area contributed by atoms with E-state index in [1.54, 1.807) is 0 Å². The van der Waals surface area contributed by atoms with Gasteiger partial charge in [-0.3, -0.25) is 9.59 Å². The Labute approximate surface area is 142 Å². The summed E-state index contributed by atoms with van der Waals surface area (Å²) >= 11 is 0. The zero-order valence-electron chi connectivity index (χ0n) is 15.0. The van der Waals surface area contributed by atoms with Crippen molar-refractivity contribution in [1.82, 2.24) is 20.2 Å². The van der Waals surface area contributed by atoms with Crippen molar-refractivity contribution in [2.24, 2.45) is 5.92 Å². The summed E-state index contributed by atoms with van der Waals surface area (Å²) in [6.45, 7) is 2.80. The topological polar surface area (TPSA) is 87.3 Å². The van der Waals surface area contributed by atoms with Crippen molar-refractivity contribution in [2.45, 2.75) is 44.6 Å². The van der Waals surface area contributed by atoms with Gasteiger partial charge in [-0.15, -0.1) is 0 Å². The lowest BCUT2D eigenvalue weighted by atomic mass is 9.94. The van der Waals surface area contributed by atoms with E-state index in [1.165, 1.54) is 13.3 Å². The molecule has 0 aromatic carbocycles. The predicted octanol–water partition coefficient (Wildman–Crippen LogP) is 1.25. The summed E-state index contributed by atoms with van der Waals surface area (Å²) in [5.74, 6) is 0.628. The monoisotopic (exact) mass is 336 g/mol. The summed E-state index contributed by atoms with van der Waals surface area (Å²) in [5, 5.41) is 3.17. The Morgan fingerprint density at radius 3 is 2.67 bits per heavy atom. The van der Waals surface area contributed by atoms with Crippen molar-refractivity contribution in [3.8, 4) is 5.75 Å². The van der Waals surface area contributed by atoms with E-state index in [-0.39, 0.29) is 23.1 Å². The molecule has 2 N–H and O–H groups in total. The molecule has 0 saturated heterocycles. The molecule has 1 amide bonds. The van der Waals surface area contributed by atoms with Crippen LogP contribution in [0.2, 0.25) is 0 Å². The maximum atomic E-state index is 12.6. The minimum atomic E-state index is -0.575. The van der Waals surface area contributed by atoms with E-state index in [9.17, 15) is 9.59 Å². The Morgan fingerprint density at radius 2 is 2.12 bits per heavy atom. The summed E-state index contributed by atoms with van der Waals surface area (Å²) in [5.41, 5.74) is -0.891. The zero-order valence-corrected chi connectivity index (χ0v) is 15.0. The molecule has 134 valence electrons. The van der Waals surface area contributed by atoms with Gasteiger partial charge in [0.25, 0.3) is 5.56 Å². The second-order valence-electron chi connectivity index (χ2n) is 6.90. The number of rotatable bonds is 7. The van der Waals surface area contributed by atoms with Crippen LogP contribution in [0.1, 0.15) is 44.9 Å². The number of aromatic nitrogens is 2.